The number of carbonyl (C=O) groups excluding carboxylic acids is 3. The minimum absolute atomic E-state index is 0.0609. The molecule has 12 heteroatoms. The maximum atomic E-state index is 12.9. The largest absolute Gasteiger partial charge is 0.462 e. The van der Waals surface area contributed by atoms with E-state index < -0.39 is 11.9 Å². The third kappa shape index (κ3) is 5.81. The van der Waals surface area contributed by atoms with Gasteiger partial charge in [-0.05, 0) is 64.0 Å². The molecule has 4 rings (SSSR count). The van der Waals surface area contributed by atoms with Crippen molar-refractivity contribution in [1.29, 1.82) is 0 Å². The van der Waals surface area contributed by atoms with Gasteiger partial charge in [0.15, 0.2) is 11.0 Å². The van der Waals surface area contributed by atoms with Crippen LogP contribution < -0.4 is 5.32 Å². The van der Waals surface area contributed by atoms with Crippen LogP contribution >= 0.6 is 34.4 Å². The maximum absolute atomic E-state index is 12.9. The number of anilines is 1. The topological polar surface area (TPSA) is 112 Å². The molecule has 0 spiro atoms. The number of esters is 2. The Hall–Kier alpha value is -2.70. The van der Waals surface area contributed by atoms with Crippen LogP contribution in [0.15, 0.2) is 10.5 Å². The molecule has 0 aliphatic heterocycles. The van der Waals surface area contributed by atoms with Crippen molar-refractivity contribution in [2.45, 2.75) is 65.6 Å². The number of nitrogens with zero attached hydrogens (tertiary/aromatic N) is 3. The highest BCUT2D eigenvalue weighted by Crippen LogP contribution is 2.38. The molecule has 204 valence electrons. The van der Waals surface area contributed by atoms with Crippen molar-refractivity contribution in [2.75, 3.05) is 24.3 Å². The summed E-state index contributed by atoms with van der Waals surface area (Å²) in [5, 5.41) is 14.8. The van der Waals surface area contributed by atoms with Crippen molar-refractivity contribution >= 4 is 57.3 Å². The van der Waals surface area contributed by atoms with E-state index in [9.17, 15) is 14.4 Å². The Kier molecular flexibility index (Phi) is 9.27. The average Bonchev–Trinajstić information content (AvgIpc) is 3.57. The van der Waals surface area contributed by atoms with Crippen LogP contribution in [0, 0.1) is 12.8 Å². The SMILES string of the molecule is CCOC(=O)c1sc(NC(=O)CSc2nnc(-c3csc4c3CCC(C)C4)n2CC)c(C(=O)OCC)c1C. The predicted octanol–water partition coefficient (Wildman–Crippen LogP) is 5.61. The second-order valence-corrected chi connectivity index (χ2v) is 11.9. The monoisotopic (exact) mass is 576 g/mol. The molecule has 3 heterocycles. The van der Waals surface area contributed by atoms with E-state index >= 15 is 0 Å². The molecule has 1 aliphatic rings. The summed E-state index contributed by atoms with van der Waals surface area (Å²) in [6.07, 6.45) is 3.33. The van der Waals surface area contributed by atoms with Gasteiger partial charge in [0.1, 0.15) is 9.88 Å². The summed E-state index contributed by atoms with van der Waals surface area (Å²) in [4.78, 5) is 39.6. The minimum atomic E-state index is -0.594. The molecular weight excluding hydrogens is 545 g/mol. The van der Waals surface area contributed by atoms with E-state index in [4.69, 9.17) is 9.47 Å². The van der Waals surface area contributed by atoms with Crippen LogP contribution in [-0.2, 0) is 33.7 Å². The molecule has 1 unspecified atom stereocenters. The lowest BCUT2D eigenvalue weighted by Crippen LogP contribution is -2.17. The summed E-state index contributed by atoms with van der Waals surface area (Å²) in [7, 11) is 0. The van der Waals surface area contributed by atoms with Gasteiger partial charge < -0.3 is 19.4 Å². The Morgan fingerprint density at radius 2 is 1.89 bits per heavy atom. The number of nitrogens with one attached hydrogen (secondary N) is 1. The van der Waals surface area contributed by atoms with E-state index in [-0.39, 0.29) is 40.3 Å². The number of thioether (sulfide) groups is 1. The smallest absolute Gasteiger partial charge is 0.348 e. The van der Waals surface area contributed by atoms with Crippen LogP contribution in [0.2, 0.25) is 0 Å². The average molecular weight is 577 g/mol. The molecular formula is C26H32N4O5S3. The predicted molar refractivity (Wildman–Crippen MR) is 151 cm³/mol. The van der Waals surface area contributed by atoms with Gasteiger partial charge in [-0.1, -0.05) is 18.7 Å². The number of rotatable bonds is 10. The number of amides is 1. The Morgan fingerprint density at radius 1 is 1.16 bits per heavy atom. The third-order valence-electron chi connectivity index (χ3n) is 6.35. The first-order valence-electron chi connectivity index (χ1n) is 12.7. The number of hydrogen-bond acceptors (Lipinski definition) is 10. The number of carbonyl (C=O) groups is 3. The van der Waals surface area contributed by atoms with Gasteiger partial charge in [-0.3, -0.25) is 4.79 Å². The molecule has 0 aromatic carbocycles. The van der Waals surface area contributed by atoms with Crippen LogP contribution in [-0.4, -0.2) is 51.6 Å². The van der Waals surface area contributed by atoms with Crippen LogP contribution in [0.3, 0.4) is 0 Å². The standard InChI is InChI=1S/C26H32N4O5S3/c1-6-30-22(17-12-36-18-11-14(4)9-10-16(17)18)28-29-26(30)37-13-19(31)27-23-20(24(32)34-7-2)15(5)21(38-23)25(33)35-8-3/h12,14H,6-11,13H2,1-5H3,(H,27,31). The highest BCUT2D eigenvalue weighted by atomic mass is 32.2. The van der Waals surface area contributed by atoms with Gasteiger partial charge in [0.2, 0.25) is 5.91 Å². The summed E-state index contributed by atoms with van der Waals surface area (Å²) in [6.45, 7) is 10.4. The maximum Gasteiger partial charge on any atom is 0.348 e. The van der Waals surface area contributed by atoms with Gasteiger partial charge in [-0.2, -0.15) is 0 Å². The summed E-state index contributed by atoms with van der Waals surface area (Å²) < 4.78 is 12.3. The number of fused-ring (bicyclic) bond motifs is 1. The molecule has 3 aromatic heterocycles. The summed E-state index contributed by atoms with van der Waals surface area (Å²) in [6, 6.07) is 0. The van der Waals surface area contributed by atoms with Crippen LogP contribution in [0.4, 0.5) is 5.00 Å². The van der Waals surface area contributed by atoms with Gasteiger partial charge >= 0.3 is 11.9 Å². The van der Waals surface area contributed by atoms with E-state index in [1.807, 2.05) is 11.5 Å². The van der Waals surface area contributed by atoms with Gasteiger partial charge in [-0.25, -0.2) is 9.59 Å². The van der Waals surface area contributed by atoms with E-state index in [0.29, 0.717) is 23.2 Å². The molecule has 1 aliphatic carbocycles. The highest BCUT2D eigenvalue weighted by molar-refractivity contribution is 7.99. The van der Waals surface area contributed by atoms with Crippen molar-refractivity contribution in [2.24, 2.45) is 5.92 Å². The Bertz CT molecular complexity index is 1340. The zero-order chi connectivity index (χ0) is 27.4. The molecule has 0 bridgehead atoms. The molecule has 38 heavy (non-hydrogen) atoms. The summed E-state index contributed by atoms with van der Waals surface area (Å²) in [5.74, 6) is 0.136. The summed E-state index contributed by atoms with van der Waals surface area (Å²) in [5.41, 5.74) is 3.12. The van der Waals surface area contributed by atoms with Crippen molar-refractivity contribution in [1.82, 2.24) is 14.8 Å². The quantitative estimate of drug-likeness (QED) is 0.245. The first-order valence-corrected chi connectivity index (χ1v) is 15.4. The van der Waals surface area contributed by atoms with Gasteiger partial charge in [0, 0.05) is 22.4 Å². The molecule has 9 nitrogen and oxygen atoms in total. The van der Waals surface area contributed by atoms with Gasteiger partial charge in [-0.15, -0.1) is 32.9 Å². The van der Waals surface area contributed by atoms with Gasteiger partial charge in [0.05, 0.1) is 24.5 Å². The van der Waals surface area contributed by atoms with E-state index in [2.05, 4.69) is 27.8 Å². The highest BCUT2D eigenvalue weighted by Gasteiger charge is 2.28. The number of thiophene rings is 2. The lowest BCUT2D eigenvalue weighted by molar-refractivity contribution is -0.113. The zero-order valence-electron chi connectivity index (χ0n) is 22.2. The van der Waals surface area contributed by atoms with E-state index in [1.165, 1.54) is 28.6 Å². The van der Waals surface area contributed by atoms with Gasteiger partial charge in [0.25, 0.3) is 0 Å². The normalized spacial score (nSPS) is 14.7. The van der Waals surface area contributed by atoms with E-state index in [1.54, 1.807) is 32.1 Å². The Labute approximate surface area is 234 Å². The Morgan fingerprint density at radius 3 is 2.61 bits per heavy atom. The number of hydrogen-bond donors (Lipinski definition) is 1. The molecule has 0 saturated carbocycles. The second-order valence-electron chi connectivity index (χ2n) is 8.99. The molecule has 0 saturated heterocycles. The lowest BCUT2D eigenvalue weighted by Gasteiger charge is -2.19. The summed E-state index contributed by atoms with van der Waals surface area (Å²) >= 11 is 4.09. The third-order valence-corrected chi connectivity index (χ3v) is 9.55. The van der Waals surface area contributed by atoms with Crippen molar-refractivity contribution < 1.29 is 23.9 Å². The first kappa shape index (κ1) is 28.3. The molecule has 3 aromatic rings. The Balaban J connectivity index is 1.50. The first-order chi connectivity index (χ1) is 18.3. The molecule has 0 fully saturated rings. The van der Waals surface area contributed by atoms with E-state index in [0.717, 1.165) is 35.6 Å². The van der Waals surface area contributed by atoms with Crippen molar-refractivity contribution in [3.8, 4) is 11.4 Å². The number of ether oxygens (including phenoxy) is 2. The van der Waals surface area contributed by atoms with Crippen LogP contribution in [0.25, 0.3) is 11.4 Å². The molecule has 1 amide bonds. The molecule has 1 N–H and O–H groups in total. The fourth-order valence-electron chi connectivity index (χ4n) is 4.48. The molecule has 0 radical (unpaired) electrons. The molecule has 1 atom stereocenters. The fourth-order valence-corrected chi connectivity index (χ4v) is 7.63. The number of aromatic nitrogens is 3. The fraction of sp³-hybridized carbons (Fsp3) is 0.500. The van der Waals surface area contributed by atoms with Crippen molar-refractivity contribution in [3.63, 3.8) is 0 Å². The second kappa shape index (κ2) is 12.4. The van der Waals surface area contributed by atoms with Crippen LogP contribution in [0.5, 0.6) is 0 Å². The van der Waals surface area contributed by atoms with Crippen LogP contribution in [0.1, 0.15) is 70.1 Å². The lowest BCUT2D eigenvalue weighted by atomic mass is 9.88. The minimum Gasteiger partial charge on any atom is -0.462 e. The van der Waals surface area contributed by atoms with Crippen molar-refractivity contribution in [3.05, 3.63) is 31.8 Å². The zero-order valence-corrected chi connectivity index (χ0v) is 24.7.